The molecular formula is C13H11Cl2F2N3O2. The quantitative estimate of drug-likeness (QED) is 0.922. The highest BCUT2D eigenvalue weighted by atomic mass is 35.5. The van der Waals surface area contributed by atoms with E-state index in [0.717, 1.165) is 16.8 Å². The van der Waals surface area contributed by atoms with Gasteiger partial charge < -0.3 is 14.5 Å². The SMILES string of the molecule is Cn1c(C(=O)Nc2cc(F)c(=O)n(CCF)c2)cc(Cl)c1Cl. The maximum absolute atomic E-state index is 13.5. The van der Waals surface area contributed by atoms with Crippen LogP contribution in [0.3, 0.4) is 0 Å². The van der Waals surface area contributed by atoms with Crippen molar-refractivity contribution >= 4 is 34.8 Å². The lowest BCUT2D eigenvalue weighted by atomic mass is 10.3. The molecule has 2 rings (SSSR count). The van der Waals surface area contributed by atoms with Crippen LogP contribution in [0, 0.1) is 5.82 Å². The number of alkyl halides is 1. The molecule has 1 N–H and O–H groups in total. The minimum atomic E-state index is -1.09. The van der Waals surface area contributed by atoms with Gasteiger partial charge in [-0.2, -0.15) is 0 Å². The number of aryl methyl sites for hydroxylation is 1. The molecule has 0 aliphatic rings. The fourth-order valence-electron chi connectivity index (χ4n) is 1.88. The summed E-state index contributed by atoms with van der Waals surface area (Å²) in [6, 6.07) is 2.22. The molecular weight excluding hydrogens is 339 g/mol. The van der Waals surface area contributed by atoms with Crippen LogP contribution in [0.25, 0.3) is 0 Å². The average molecular weight is 350 g/mol. The zero-order valence-corrected chi connectivity index (χ0v) is 12.9. The summed E-state index contributed by atoms with van der Waals surface area (Å²) in [5, 5.41) is 2.79. The second kappa shape index (κ2) is 6.50. The van der Waals surface area contributed by atoms with E-state index in [1.165, 1.54) is 17.7 Å². The maximum atomic E-state index is 13.5. The number of aromatic nitrogens is 2. The monoisotopic (exact) mass is 349 g/mol. The van der Waals surface area contributed by atoms with Crippen LogP contribution < -0.4 is 10.9 Å². The van der Waals surface area contributed by atoms with Crippen LogP contribution >= 0.6 is 23.2 Å². The molecule has 0 aliphatic carbocycles. The predicted octanol–water partition coefficient (Wildman–Crippen LogP) is 2.85. The topological polar surface area (TPSA) is 56.0 Å². The van der Waals surface area contributed by atoms with Crippen LogP contribution in [0.5, 0.6) is 0 Å². The van der Waals surface area contributed by atoms with E-state index < -0.39 is 24.0 Å². The largest absolute Gasteiger partial charge is 0.329 e. The second-order valence-electron chi connectivity index (χ2n) is 4.45. The molecule has 9 heteroatoms. The Balaban J connectivity index is 2.32. The van der Waals surface area contributed by atoms with Crippen molar-refractivity contribution in [1.82, 2.24) is 9.13 Å². The van der Waals surface area contributed by atoms with Crippen LogP contribution in [0.15, 0.2) is 23.1 Å². The molecule has 0 saturated carbocycles. The Morgan fingerprint density at radius 3 is 2.59 bits per heavy atom. The molecule has 118 valence electrons. The van der Waals surface area contributed by atoms with E-state index in [0.29, 0.717) is 0 Å². The number of carbonyl (C=O) groups excluding carboxylic acids is 1. The van der Waals surface area contributed by atoms with Gasteiger partial charge in [0.1, 0.15) is 17.5 Å². The lowest BCUT2D eigenvalue weighted by Gasteiger charge is -2.09. The first-order valence-electron chi connectivity index (χ1n) is 6.13. The third-order valence-electron chi connectivity index (χ3n) is 2.97. The van der Waals surface area contributed by atoms with Gasteiger partial charge >= 0.3 is 0 Å². The molecule has 0 aromatic carbocycles. The Hall–Kier alpha value is -1.86. The van der Waals surface area contributed by atoms with Gasteiger partial charge in [0.25, 0.3) is 11.5 Å². The van der Waals surface area contributed by atoms with Crippen LogP contribution in [-0.4, -0.2) is 21.7 Å². The summed E-state index contributed by atoms with van der Waals surface area (Å²) in [6.07, 6.45) is 1.16. The van der Waals surface area contributed by atoms with Gasteiger partial charge in [-0.25, -0.2) is 8.78 Å². The fraction of sp³-hybridized carbons (Fsp3) is 0.231. The lowest BCUT2D eigenvalue weighted by molar-refractivity contribution is 0.101. The smallest absolute Gasteiger partial charge is 0.286 e. The van der Waals surface area contributed by atoms with E-state index in [9.17, 15) is 18.4 Å². The zero-order chi connectivity index (χ0) is 16.4. The van der Waals surface area contributed by atoms with Gasteiger partial charge in [-0.1, -0.05) is 23.2 Å². The molecule has 0 unspecified atom stereocenters. The number of halogens is 4. The highest BCUT2D eigenvalue weighted by Gasteiger charge is 2.17. The van der Waals surface area contributed by atoms with Crippen molar-refractivity contribution in [1.29, 1.82) is 0 Å². The van der Waals surface area contributed by atoms with Crippen molar-refractivity contribution in [2.45, 2.75) is 6.54 Å². The fourth-order valence-corrected chi connectivity index (χ4v) is 2.26. The second-order valence-corrected chi connectivity index (χ2v) is 5.21. The number of hydrogen-bond acceptors (Lipinski definition) is 2. The summed E-state index contributed by atoms with van der Waals surface area (Å²) < 4.78 is 28.1. The molecule has 0 bridgehead atoms. The Morgan fingerprint density at radius 2 is 2.05 bits per heavy atom. The molecule has 2 heterocycles. The van der Waals surface area contributed by atoms with Crippen molar-refractivity contribution < 1.29 is 13.6 Å². The van der Waals surface area contributed by atoms with Crippen molar-refractivity contribution in [3.63, 3.8) is 0 Å². The molecule has 0 fully saturated rings. The summed E-state index contributed by atoms with van der Waals surface area (Å²) in [5.74, 6) is -1.68. The Labute approximate surface area is 134 Å². The highest BCUT2D eigenvalue weighted by molar-refractivity contribution is 6.42. The predicted molar refractivity (Wildman–Crippen MR) is 80.0 cm³/mol. The van der Waals surface area contributed by atoms with Crippen molar-refractivity contribution in [2.75, 3.05) is 12.0 Å². The molecule has 0 saturated heterocycles. The standard InChI is InChI=1S/C13H11Cl2F2N3O2/c1-19-10(5-8(14)11(19)15)12(21)18-7-4-9(17)13(22)20(6-7)3-2-16/h4-6H,2-3H2,1H3,(H,18,21). The van der Waals surface area contributed by atoms with Crippen LogP contribution in [-0.2, 0) is 13.6 Å². The van der Waals surface area contributed by atoms with Crippen molar-refractivity contribution in [3.05, 3.63) is 50.4 Å². The summed E-state index contributed by atoms with van der Waals surface area (Å²) >= 11 is 11.7. The number of rotatable bonds is 4. The minimum absolute atomic E-state index is 0.0176. The van der Waals surface area contributed by atoms with Gasteiger partial charge in [-0.3, -0.25) is 9.59 Å². The van der Waals surface area contributed by atoms with E-state index in [2.05, 4.69) is 5.32 Å². The molecule has 0 spiro atoms. The summed E-state index contributed by atoms with van der Waals surface area (Å²) in [5.41, 5.74) is -0.789. The first-order valence-corrected chi connectivity index (χ1v) is 6.88. The normalized spacial score (nSPS) is 10.8. The van der Waals surface area contributed by atoms with Crippen LogP contribution in [0.1, 0.15) is 10.5 Å². The molecule has 2 aromatic heterocycles. The number of carbonyl (C=O) groups is 1. The van der Waals surface area contributed by atoms with Gasteiger partial charge in [0.05, 0.1) is 17.3 Å². The number of amides is 1. The van der Waals surface area contributed by atoms with Crippen molar-refractivity contribution in [3.8, 4) is 0 Å². The molecule has 0 aliphatic heterocycles. The van der Waals surface area contributed by atoms with E-state index in [1.807, 2.05) is 0 Å². The molecule has 0 radical (unpaired) electrons. The molecule has 2 aromatic rings. The highest BCUT2D eigenvalue weighted by Crippen LogP contribution is 2.25. The number of anilines is 1. The number of pyridine rings is 1. The Morgan fingerprint density at radius 1 is 1.36 bits per heavy atom. The van der Waals surface area contributed by atoms with Gasteiger partial charge in [0.2, 0.25) is 0 Å². The van der Waals surface area contributed by atoms with E-state index in [1.54, 1.807) is 0 Å². The average Bonchev–Trinajstić information content (AvgIpc) is 2.72. The summed E-state index contributed by atoms with van der Waals surface area (Å²) in [7, 11) is 1.54. The van der Waals surface area contributed by atoms with Crippen LogP contribution in [0.4, 0.5) is 14.5 Å². The Bertz CT molecular complexity index is 786. The third-order valence-corrected chi connectivity index (χ3v) is 3.82. The minimum Gasteiger partial charge on any atom is -0.329 e. The summed E-state index contributed by atoms with van der Waals surface area (Å²) in [4.78, 5) is 23.6. The van der Waals surface area contributed by atoms with Crippen molar-refractivity contribution in [2.24, 2.45) is 7.05 Å². The molecule has 1 amide bonds. The number of nitrogens with zero attached hydrogens (tertiary/aromatic N) is 2. The summed E-state index contributed by atoms with van der Waals surface area (Å²) in [6.45, 7) is -1.14. The number of nitrogens with one attached hydrogen (secondary N) is 1. The first kappa shape index (κ1) is 16.5. The maximum Gasteiger partial charge on any atom is 0.286 e. The first-order chi connectivity index (χ1) is 10.3. The van der Waals surface area contributed by atoms with E-state index in [4.69, 9.17) is 23.2 Å². The zero-order valence-electron chi connectivity index (χ0n) is 11.4. The van der Waals surface area contributed by atoms with Gasteiger partial charge in [-0.15, -0.1) is 0 Å². The van der Waals surface area contributed by atoms with Crippen LogP contribution in [0.2, 0.25) is 10.2 Å². The molecule has 5 nitrogen and oxygen atoms in total. The lowest BCUT2D eigenvalue weighted by Crippen LogP contribution is -2.25. The molecule has 22 heavy (non-hydrogen) atoms. The molecule has 0 atom stereocenters. The van der Waals surface area contributed by atoms with E-state index >= 15 is 0 Å². The Kier molecular flexibility index (Phi) is 4.87. The van der Waals surface area contributed by atoms with Gasteiger partial charge in [0.15, 0.2) is 5.82 Å². The third kappa shape index (κ3) is 3.15. The van der Waals surface area contributed by atoms with Gasteiger partial charge in [-0.05, 0) is 6.07 Å². The number of hydrogen-bond donors (Lipinski definition) is 1. The van der Waals surface area contributed by atoms with Gasteiger partial charge in [0, 0.05) is 19.3 Å². The van der Waals surface area contributed by atoms with E-state index in [-0.39, 0.29) is 28.1 Å².